The third kappa shape index (κ3) is 79.1. The van der Waals surface area contributed by atoms with Crippen molar-refractivity contribution in [2.75, 3.05) is 119 Å². The number of hydrogen-bond donors (Lipinski definition) is 9. The highest BCUT2D eigenvalue weighted by Gasteiger charge is 2.00. The van der Waals surface area contributed by atoms with Crippen LogP contribution in [0.15, 0.2) is 0 Å². The van der Waals surface area contributed by atoms with Crippen LogP contribution in [-0.4, -0.2) is 164 Å². The Balaban J connectivity index is -0.000000188. The standard InChI is InChI=1S/3C6H14O4.H3O4P/c3*7-1-3-9-5-6-10-4-2-8;1-5(2,3)4/h3*7-8H,1-6H2;(H3,1,2,3,4). The van der Waals surface area contributed by atoms with Crippen LogP contribution in [0.5, 0.6) is 0 Å². The normalized spacial score (nSPS) is 10.4. The maximum Gasteiger partial charge on any atom is 0.466 e. The fraction of sp³-hybridized carbons (Fsp3) is 1.00. The molecular formula is C18H45O16P. The SMILES string of the molecule is O=P(O)(O)O.OCCOCCOCCO.OCCOCCOCCO.OCCOCCOCCO. The van der Waals surface area contributed by atoms with Crippen molar-refractivity contribution < 1.29 is 78.3 Å². The van der Waals surface area contributed by atoms with E-state index in [1.165, 1.54) is 0 Å². The molecule has 218 valence electrons. The van der Waals surface area contributed by atoms with Gasteiger partial charge in [0.15, 0.2) is 0 Å². The van der Waals surface area contributed by atoms with Crippen LogP contribution in [0.3, 0.4) is 0 Å². The van der Waals surface area contributed by atoms with Crippen molar-refractivity contribution in [2.24, 2.45) is 0 Å². The van der Waals surface area contributed by atoms with Gasteiger partial charge in [0.2, 0.25) is 0 Å². The average Bonchev–Trinajstić information content (AvgIpc) is 2.81. The van der Waals surface area contributed by atoms with Crippen LogP contribution in [0.1, 0.15) is 0 Å². The van der Waals surface area contributed by atoms with Crippen molar-refractivity contribution in [1.29, 1.82) is 0 Å². The molecule has 17 heteroatoms. The van der Waals surface area contributed by atoms with E-state index < -0.39 is 7.82 Å². The molecule has 0 radical (unpaired) electrons. The summed E-state index contributed by atoms with van der Waals surface area (Å²) in [6.07, 6.45) is 0. The van der Waals surface area contributed by atoms with E-state index in [9.17, 15) is 0 Å². The summed E-state index contributed by atoms with van der Waals surface area (Å²) in [5.74, 6) is 0. The summed E-state index contributed by atoms with van der Waals surface area (Å²) >= 11 is 0. The van der Waals surface area contributed by atoms with Crippen molar-refractivity contribution in [3.63, 3.8) is 0 Å². The zero-order valence-corrected chi connectivity index (χ0v) is 21.0. The summed E-state index contributed by atoms with van der Waals surface area (Å²) in [7, 11) is -4.64. The average molecular weight is 549 g/mol. The summed E-state index contributed by atoms with van der Waals surface area (Å²) in [6.45, 7) is 5.18. The molecular weight excluding hydrogens is 503 g/mol. The Hall–Kier alpha value is -0.370. The molecule has 0 amide bonds. The van der Waals surface area contributed by atoms with Crippen LogP contribution >= 0.6 is 7.82 Å². The molecule has 0 atom stereocenters. The van der Waals surface area contributed by atoms with Crippen LogP contribution in [0.25, 0.3) is 0 Å². The second-order valence-electron chi connectivity index (χ2n) is 5.53. The zero-order chi connectivity index (χ0) is 27.5. The molecule has 0 saturated carbocycles. The highest BCUT2D eigenvalue weighted by molar-refractivity contribution is 7.45. The second kappa shape index (κ2) is 40.8. The van der Waals surface area contributed by atoms with Gasteiger partial charge in [-0.05, 0) is 0 Å². The lowest BCUT2D eigenvalue weighted by molar-refractivity contribution is 0.0222. The summed E-state index contributed by atoms with van der Waals surface area (Å²) in [5, 5.41) is 49.6. The Morgan fingerprint density at radius 2 is 0.457 bits per heavy atom. The topological polar surface area (TPSA) is 255 Å². The van der Waals surface area contributed by atoms with E-state index in [4.69, 9.17) is 78.3 Å². The third-order valence-corrected chi connectivity index (χ3v) is 2.53. The lowest BCUT2D eigenvalue weighted by atomic mass is 10.7. The van der Waals surface area contributed by atoms with Gasteiger partial charge in [-0.15, -0.1) is 0 Å². The van der Waals surface area contributed by atoms with Crippen LogP contribution in [-0.2, 0) is 33.0 Å². The summed E-state index contributed by atoms with van der Waals surface area (Å²) < 4.78 is 38.1. The van der Waals surface area contributed by atoms with E-state index in [2.05, 4.69) is 0 Å². The molecule has 0 rings (SSSR count). The van der Waals surface area contributed by atoms with Gasteiger partial charge >= 0.3 is 7.82 Å². The van der Waals surface area contributed by atoms with E-state index in [-0.39, 0.29) is 39.6 Å². The number of hydrogen-bond acceptors (Lipinski definition) is 13. The Labute approximate surface area is 205 Å². The summed E-state index contributed by atoms with van der Waals surface area (Å²) in [6, 6.07) is 0. The summed E-state index contributed by atoms with van der Waals surface area (Å²) in [5.41, 5.74) is 0. The molecule has 0 aliphatic carbocycles. The molecule has 16 nitrogen and oxygen atoms in total. The van der Waals surface area contributed by atoms with Gasteiger partial charge in [0.05, 0.1) is 119 Å². The van der Waals surface area contributed by atoms with E-state index in [1.54, 1.807) is 0 Å². The van der Waals surface area contributed by atoms with Gasteiger partial charge in [-0.1, -0.05) is 0 Å². The van der Waals surface area contributed by atoms with Crippen molar-refractivity contribution in [3.8, 4) is 0 Å². The fourth-order valence-electron chi connectivity index (χ4n) is 1.35. The minimum Gasteiger partial charge on any atom is -0.394 e. The maximum atomic E-state index is 8.88. The Morgan fingerprint density at radius 1 is 0.343 bits per heavy atom. The first-order chi connectivity index (χ1) is 16.7. The minimum atomic E-state index is -4.64. The smallest absolute Gasteiger partial charge is 0.394 e. The van der Waals surface area contributed by atoms with Crippen molar-refractivity contribution >= 4 is 7.82 Å². The lowest BCUT2D eigenvalue weighted by Crippen LogP contribution is -2.09. The van der Waals surface area contributed by atoms with Crippen molar-refractivity contribution in [2.45, 2.75) is 0 Å². The fourth-order valence-corrected chi connectivity index (χ4v) is 1.35. The number of aliphatic hydroxyl groups excluding tert-OH is 6. The Kier molecular flexibility index (Phi) is 48.6. The quantitative estimate of drug-likeness (QED) is 0.0490. The Bertz CT molecular complexity index is 304. The number of aliphatic hydroxyl groups is 6. The van der Waals surface area contributed by atoms with E-state index in [0.717, 1.165) is 0 Å². The molecule has 0 saturated heterocycles. The molecule has 0 aliphatic heterocycles. The molecule has 35 heavy (non-hydrogen) atoms. The molecule has 0 spiro atoms. The molecule has 0 fully saturated rings. The number of ether oxygens (including phenoxy) is 6. The molecule has 9 N–H and O–H groups in total. The van der Waals surface area contributed by atoms with Gasteiger partial charge in [-0.2, -0.15) is 0 Å². The Morgan fingerprint density at radius 3 is 0.543 bits per heavy atom. The van der Waals surface area contributed by atoms with Gasteiger partial charge < -0.3 is 73.7 Å². The van der Waals surface area contributed by atoms with Gasteiger partial charge in [0.1, 0.15) is 0 Å². The zero-order valence-electron chi connectivity index (χ0n) is 20.1. The highest BCUT2D eigenvalue weighted by Crippen LogP contribution is 2.25. The first-order valence-electron chi connectivity index (χ1n) is 10.6. The number of phosphoric acid groups is 1. The number of rotatable bonds is 21. The first-order valence-corrected chi connectivity index (χ1v) is 12.2. The van der Waals surface area contributed by atoms with Crippen molar-refractivity contribution in [1.82, 2.24) is 0 Å². The van der Waals surface area contributed by atoms with Gasteiger partial charge in [-0.25, -0.2) is 4.57 Å². The summed E-state index contributed by atoms with van der Waals surface area (Å²) in [4.78, 5) is 21.6. The second-order valence-corrected chi connectivity index (χ2v) is 6.56. The minimum absolute atomic E-state index is 0.0417. The monoisotopic (exact) mass is 548 g/mol. The third-order valence-electron chi connectivity index (χ3n) is 2.53. The highest BCUT2D eigenvalue weighted by atomic mass is 31.2. The molecule has 0 unspecified atom stereocenters. The molecule has 0 aromatic heterocycles. The molecule has 0 bridgehead atoms. The van der Waals surface area contributed by atoms with E-state index >= 15 is 0 Å². The van der Waals surface area contributed by atoms with Crippen LogP contribution in [0.4, 0.5) is 0 Å². The molecule has 0 aliphatic rings. The van der Waals surface area contributed by atoms with Crippen molar-refractivity contribution in [3.05, 3.63) is 0 Å². The van der Waals surface area contributed by atoms with Gasteiger partial charge in [0.25, 0.3) is 0 Å². The van der Waals surface area contributed by atoms with Crippen LogP contribution in [0, 0.1) is 0 Å². The van der Waals surface area contributed by atoms with Gasteiger partial charge in [0, 0.05) is 0 Å². The molecule has 0 aromatic carbocycles. The lowest BCUT2D eigenvalue weighted by Gasteiger charge is -2.01. The van der Waals surface area contributed by atoms with E-state index in [0.29, 0.717) is 79.3 Å². The predicted octanol–water partition coefficient (Wildman–Crippen LogP) is -3.92. The van der Waals surface area contributed by atoms with Crippen LogP contribution < -0.4 is 0 Å². The van der Waals surface area contributed by atoms with E-state index in [1.807, 2.05) is 0 Å². The maximum absolute atomic E-state index is 8.88. The van der Waals surface area contributed by atoms with Crippen LogP contribution in [0.2, 0.25) is 0 Å². The predicted molar refractivity (Wildman–Crippen MR) is 122 cm³/mol. The first kappa shape index (κ1) is 41.7. The largest absolute Gasteiger partial charge is 0.466 e. The molecule has 0 aromatic rings. The molecule has 0 heterocycles. The van der Waals surface area contributed by atoms with Gasteiger partial charge in [-0.3, -0.25) is 0 Å².